The van der Waals surface area contributed by atoms with Crippen molar-refractivity contribution in [1.29, 1.82) is 0 Å². The fourth-order valence-corrected chi connectivity index (χ4v) is 4.16. The molecule has 2 saturated heterocycles. The first-order valence-corrected chi connectivity index (χ1v) is 9.24. The van der Waals surface area contributed by atoms with E-state index in [0.717, 1.165) is 12.8 Å². The Morgan fingerprint density at radius 2 is 1.88 bits per heavy atom. The van der Waals surface area contributed by atoms with Crippen LogP contribution in [0.15, 0.2) is 48.5 Å². The number of carbonyl (C=O) groups is 1. The van der Waals surface area contributed by atoms with E-state index in [4.69, 9.17) is 4.74 Å². The lowest BCUT2D eigenvalue weighted by atomic mass is 9.92. The van der Waals surface area contributed by atoms with E-state index in [2.05, 4.69) is 10.6 Å². The molecular formula is C21H23FN2O2. The third kappa shape index (κ3) is 3.88. The number of para-hydroxylation sites is 1. The molecule has 26 heavy (non-hydrogen) atoms. The summed E-state index contributed by atoms with van der Waals surface area (Å²) in [7, 11) is 0. The van der Waals surface area contributed by atoms with E-state index in [0.29, 0.717) is 41.4 Å². The van der Waals surface area contributed by atoms with Crippen LogP contribution in [0, 0.1) is 11.7 Å². The molecule has 0 aromatic heterocycles. The predicted molar refractivity (Wildman–Crippen MR) is 98.5 cm³/mol. The van der Waals surface area contributed by atoms with Gasteiger partial charge in [-0.1, -0.05) is 30.3 Å². The Morgan fingerprint density at radius 3 is 2.65 bits per heavy atom. The minimum absolute atomic E-state index is 0.317. The molecule has 2 unspecified atom stereocenters. The summed E-state index contributed by atoms with van der Waals surface area (Å²) < 4.78 is 19.0. The Bertz CT molecular complexity index is 783. The highest BCUT2D eigenvalue weighted by molar-refractivity contribution is 5.77. The monoisotopic (exact) mass is 354 g/mol. The summed E-state index contributed by atoms with van der Waals surface area (Å²) in [5.74, 6) is 0.614. The quantitative estimate of drug-likeness (QED) is 0.869. The molecule has 0 radical (unpaired) electrons. The zero-order chi connectivity index (χ0) is 17.9. The number of benzene rings is 2. The average Bonchev–Trinajstić information content (AvgIpc) is 2.98. The van der Waals surface area contributed by atoms with Crippen molar-refractivity contribution in [3.8, 4) is 16.9 Å². The van der Waals surface area contributed by atoms with Gasteiger partial charge < -0.3 is 15.4 Å². The van der Waals surface area contributed by atoms with Gasteiger partial charge in [-0.05, 0) is 55.4 Å². The zero-order valence-corrected chi connectivity index (χ0v) is 14.6. The second kappa shape index (κ2) is 7.46. The SMILES string of the molecule is O=C(NCC1CC2CCC(C1)N2)Oc1ccccc1-c1cccc(F)c1. The number of piperidine rings is 1. The molecule has 2 atom stereocenters. The fraction of sp³-hybridized carbons (Fsp3) is 0.381. The van der Waals surface area contributed by atoms with E-state index >= 15 is 0 Å². The molecule has 136 valence electrons. The molecule has 0 aliphatic carbocycles. The van der Waals surface area contributed by atoms with Crippen LogP contribution in [0.3, 0.4) is 0 Å². The summed E-state index contributed by atoms with van der Waals surface area (Å²) >= 11 is 0. The number of fused-ring (bicyclic) bond motifs is 2. The first kappa shape index (κ1) is 17.0. The maximum absolute atomic E-state index is 13.5. The molecule has 2 N–H and O–H groups in total. The van der Waals surface area contributed by atoms with Crippen LogP contribution in [0.5, 0.6) is 5.75 Å². The number of rotatable bonds is 4. The number of amides is 1. The van der Waals surface area contributed by atoms with Gasteiger partial charge in [0, 0.05) is 24.2 Å². The van der Waals surface area contributed by atoms with Crippen molar-refractivity contribution >= 4 is 6.09 Å². The van der Waals surface area contributed by atoms with Gasteiger partial charge in [0.1, 0.15) is 11.6 Å². The molecule has 2 aliphatic heterocycles. The molecule has 2 aliphatic rings. The van der Waals surface area contributed by atoms with Crippen molar-refractivity contribution in [2.24, 2.45) is 5.92 Å². The van der Waals surface area contributed by atoms with Gasteiger partial charge >= 0.3 is 6.09 Å². The number of halogens is 1. The maximum atomic E-state index is 13.5. The van der Waals surface area contributed by atoms with Crippen LogP contribution in [0.25, 0.3) is 11.1 Å². The van der Waals surface area contributed by atoms with Crippen LogP contribution < -0.4 is 15.4 Å². The summed E-state index contributed by atoms with van der Waals surface area (Å²) in [6.07, 6.45) is 4.24. The summed E-state index contributed by atoms with van der Waals surface area (Å²) in [5.41, 5.74) is 1.38. The topological polar surface area (TPSA) is 50.4 Å². The van der Waals surface area contributed by atoms with Crippen molar-refractivity contribution in [3.05, 3.63) is 54.3 Å². The second-order valence-corrected chi connectivity index (χ2v) is 7.25. The molecule has 2 heterocycles. The van der Waals surface area contributed by atoms with Gasteiger partial charge in [0.05, 0.1) is 0 Å². The Balaban J connectivity index is 1.39. The van der Waals surface area contributed by atoms with E-state index in [1.807, 2.05) is 12.1 Å². The van der Waals surface area contributed by atoms with E-state index in [1.165, 1.54) is 25.0 Å². The van der Waals surface area contributed by atoms with E-state index in [9.17, 15) is 9.18 Å². The third-order valence-electron chi connectivity index (χ3n) is 5.33. The Morgan fingerprint density at radius 1 is 1.12 bits per heavy atom. The number of hydrogen-bond donors (Lipinski definition) is 2. The smallest absolute Gasteiger partial charge is 0.410 e. The third-order valence-corrected chi connectivity index (χ3v) is 5.33. The van der Waals surface area contributed by atoms with Gasteiger partial charge in [0.15, 0.2) is 0 Å². The molecule has 0 spiro atoms. The zero-order valence-electron chi connectivity index (χ0n) is 14.6. The maximum Gasteiger partial charge on any atom is 0.412 e. The minimum atomic E-state index is -0.459. The van der Waals surface area contributed by atoms with Crippen LogP contribution in [-0.4, -0.2) is 24.7 Å². The average molecular weight is 354 g/mol. The van der Waals surface area contributed by atoms with Crippen LogP contribution in [-0.2, 0) is 0 Å². The standard InChI is InChI=1S/C21H23FN2O2/c22-16-5-3-4-15(12-16)19-6-1-2-7-20(19)26-21(25)23-13-14-10-17-8-9-18(11-14)24-17/h1-7,12,14,17-18,24H,8-11,13H2,(H,23,25). The molecular weight excluding hydrogens is 331 g/mol. The van der Waals surface area contributed by atoms with Gasteiger partial charge in [0.25, 0.3) is 0 Å². The summed E-state index contributed by atoms with van der Waals surface area (Å²) in [4.78, 5) is 12.3. The molecule has 2 aromatic rings. The molecule has 2 bridgehead atoms. The molecule has 4 nitrogen and oxygen atoms in total. The van der Waals surface area contributed by atoms with Crippen LogP contribution >= 0.6 is 0 Å². The van der Waals surface area contributed by atoms with E-state index in [-0.39, 0.29) is 5.82 Å². The van der Waals surface area contributed by atoms with Crippen molar-refractivity contribution in [2.45, 2.75) is 37.8 Å². The largest absolute Gasteiger partial charge is 0.412 e. The van der Waals surface area contributed by atoms with Gasteiger partial charge in [-0.3, -0.25) is 0 Å². The van der Waals surface area contributed by atoms with Crippen molar-refractivity contribution in [1.82, 2.24) is 10.6 Å². The van der Waals surface area contributed by atoms with E-state index < -0.39 is 6.09 Å². The predicted octanol–water partition coefficient (Wildman–Crippen LogP) is 4.11. The summed E-state index contributed by atoms with van der Waals surface area (Å²) in [5, 5.41) is 6.50. The summed E-state index contributed by atoms with van der Waals surface area (Å²) in [6.45, 7) is 0.635. The number of nitrogens with one attached hydrogen (secondary N) is 2. The van der Waals surface area contributed by atoms with Crippen molar-refractivity contribution in [2.75, 3.05) is 6.54 Å². The Labute approximate surface area is 152 Å². The van der Waals surface area contributed by atoms with Gasteiger partial charge in [-0.25, -0.2) is 9.18 Å². The number of hydrogen-bond acceptors (Lipinski definition) is 3. The lowest BCUT2D eigenvalue weighted by molar-refractivity contribution is 0.195. The van der Waals surface area contributed by atoms with Crippen LogP contribution in [0.2, 0.25) is 0 Å². The van der Waals surface area contributed by atoms with E-state index in [1.54, 1.807) is 24.3 Å². The van der Waals surface area contributed by atoms with Gasteiger partial charge in [-0.2, -0.15) is 0 Å². The highest BCUT2D eigenvalue weighted by atomic mass is 19.1. The highest BCUT2D eigenvalue weighted by Crippen LogP contribution is 2.31. The van der Waals surface area contributed by atoms with Crippen LogP contribution in [0.4, 0.5) is 9.18 Å². The molecule has 2 fully saturated rings. The molecule has 0 saturated carbocycles. The lowest BCUT2D eigenvalue weighted by Crippen LogP contribution is -2.42. The van der Waals surface area contributed by atoms with Gasteiger partial charge in [-0.15, -0.1) is 0 Å². The molecule has 4 rings (SSSR count). The molecule has 1 amide bonds. The Hall–Kier alpha value is -2.40. The minimum Gasteiger partial charge on any atom is -0.410 e. The normalized spacial score (nSPS) is 24.3. The summed E-state index contributed by atoms with van der Waals surface area (Å²) in [6, 6.07) is 14.7. The first-order chi connectivity index (χ1) is 12.7. The lowest BCUT2D eigenvalue weighted by Gasteiger charge is -2.29. The number of carbonyl (C=O) groups excluding carboxylic acids is 1. The Kier molecular flexibility index (Phi) is 4.89. The number of ether oxygens (including phenoxy) is 1. The molecule has 5 heteroatoms. The fourth-order valence-electron chi connectivity index (χ4n) is 4.16. The van der Waals surface area contributed by atoms with Crippen molar-refractivity contribution in [3.63, 3.8) is 0 Å². The van der Waals surface area contributed by atoms with Crippen LogP contribution in [0.1, 0.15) is 25.7 Å². The first-order valence-electron chi connectivity index (χ1n) is 9.24. The van der Waals surface area contributed by atoms with Gasteiger partial charge in [0.2, 0.25) is 0 Å². The molecule has 2 aromatic carbocycles. The second-order valence-electron chi connectivity index (χ2n) is 7.25. The van der Waals surface area contributed by atoms with Crippen molar-refractivity contribution < 1.29 is 13.9 Å². The highest BCUT2D eigenvalue weighted by Gasteiger charge is 2.33.